The Morgan fingerprint density at radius 2 is 1.93 bits per heavy atom. The quantitative estimate of drug-likeness (QED) is 0.0891. The minimum atomic E-state index is -1.37. The van der Waals surface area contributed by atoms with Crippen molar-refractivity contribution in [3.63, 3.8) is 0 Å². The lowest BCUT2D eigenvalue weighted by Gasteiger charge is -2.49. The molecule has 2 aromatic heterocycles. The summed E-state index contributed by atoms with van der Waals surface area (Å²) < 4.78 is 1.88. The van der Waals surface area contributed by atoms with E-state index in [1.807, 2.05) is 29.1 Å². The van der Waals surface area contributed by atoms with E-state index in [2.05, 4.69) is 10.3 Å². The van der Waals surface area contributed by atoms with Crippen LogP contribution >= 0.6 is 58.9 Å². The molecule has 0 bridgehead atoms. The van der Waals surface area contributed by atoms with Crippen LogP contribution in [-0.2, 0) is 27.3 Å². The predicted octanol–water partition coefficient (Wildman–Crippen LogP) is 2.78. The van der Waals surface area contributed by atoms with Crippen LogP contribution in [-0.4, -0.2) is 77.1 Å². The van der Waals surface area contributed by atoms with Crippen molar-refractivity contribution in [1.29, 1.82) is 0 Å². The normalized spacial score (nSPS) is 19.1. The van der Waals surface area contributed by atoms with Gasteiger partial charge in [0.2, 0.25) is 0 Å². The molecule has 0 spiro atoms. The second-order valence-corrected chi connectivity index (χ2v) is 12.5. The summed E-state index contributed by atoms with van der Waals surface area (Å²) in [6.07, 6.45) is 3.31. The molecule has 0 aliphatic carbocycles. The maximum Gasteiger partial charge on any atom is 0.352 e. The van der Waals surface area contributed by atoms with Crippen molar-refractivity contribution in [1.82, 2.24) is 15.2 Å². The fraction of sp³-hybridized carbons (Fsp3) is 0.360. The maximum absolute atomic E-state index is 13.0. The molecule has 0 saturated carbocycles. The molecule has 212 valence electrons. The number of thiocarbonyl (C=S) groups is 1. The maximum atomic E-state index is 13.0. The monoisotopic (exact) mass is 643 g/mol. The van der Waals surface area contributed by atoms with E-state index in [4.69, 9.17) is 40.5 Å². The summed E-state index contributed by atoms with van der Waals surface area (Å²) in [5, 5.41) is 31.2. The van der Waals surface area contributed by atoms with Crippen LogP contribution < -0.4 is 9.88 Å². The number of rotatable bonds is 12. The SMILES string of the molecule is O=C(O)C1=C(CSc2cc[n+](CCC[C@H](O)C(=O)O)cc2)CS[C@@H]2[C@H](NC(=S)Cc3cc(Cl)nc(Cl)c3)C(=O)N12. The van der Waals surface area contributed by atoms with Crippen molar-refractivity contribution in [2.75, 3.05) is 11.5 Å². The number of aliphatic hydroxyl groups excluding tert-OH is 1. The second-order valence-electron chi connectivity index (χ2n) is 9.07. The van der Waals surface area contributed by atoms with Crippen molar-refractivity contribution in [2.24, 2.45) is 0 Å². The van der Waals surface area contributed by atoms with E-state index in [1.165, 1.54) is 28.4 Å². The van der Waals surface area contributed by atoms with E-state index in [9.17, 15) is 24.6 Å². The number of nitrogens with one attached hydrogen (secondary N) is 1. The van der Waals surface area contributed by atoms with Gasteiger partial charge in [0, 0.05) is 41.4 Å². The Bertz CT molecular complexity index is 1340. The summed E-state index contributed by atoms with van der Waals surface area (Å²) in [7, 11) is 0. The molecule has 4 heterocycles. The first-order valence-electron chi connectivity index (χ1n) is 12.1. The van der Waals surface area contributed by atoms with E-state index >= 15 is 0 Å². The fourth-order valence-corrected chi connectivity index (χ4v) is 7.44. The summed E-state index contributed by atoms with van der Waals surface area (Å²) >= 11 is 20.3. The number of β-lactam (4-membered cyclic amide) rings is 1. The number of carboxylic acid groups (broad SMARTS) is 2. The lowest BCUT2D eigenvalue weighted by molar-refractivity contribution is -0.697. The Hall–Kier alpha value is -2.42. The molecule has 2 aliphatic rings. The lowest BCUT2D eigenvalue weighted by atomic mass is 10.0. The molecule has 0 aromatic carbocycles. The van der Waals surface area contributed by atoms with Crippen molar-refractivity contribution in [2.45, 2.75) is 48.2 Å². The average Bonchev–Trinajstić information content (AvgIpc) is 2.89. The van der Waals surface area contributed by atoms with Gasteiger partial charge in [0.1, 0.15) is 34.0 Å². The number of carbonyl (C=O) groups is 3. The van der Waals surface area contributed by atoms with Gasteiger partial charge in [-0.1, -0.05) is 35.4 Å². The van der Waals surface area contributed by atoms with Crippen molar-refractivity contribution < 1.29 is 34.3 Å². The number of hydrogen-bond acceptors (Lipinski definition) is 8. The van der Waals surface area contributed by atoms with Gasteiger partial charge in [-0.2, -0.15) is 0 Å². The predicted molar refractivity (Wildman–Crippen MR) is 155 cm³/mol. The smallest absolute Gasteiger partial charge is 0.352 e. The first-order chi connectivity index (χ1) is 19.0. The number of aliphatic hydroxyl groups is 1. The third-order valence-corrected chi connectivity index (χ3v) is 9.29. The van der Waals surface area contributed by atoms with Gasteiger partial charge in [-0.15, -0.1) is 23.5 Å². The number of aliphatic carboxylic acids is 2. The Morgan fingerprint density at radius 3 is 2.55 bits per heavy atom. The standard InChI is InChI=1S/C25H24Cl2N4O6S3/c26-17-8-13(9-18(27)28-17)10-19(38)29-20-22(33)31-21(25(36)37)14(12-40-23(20)31)11-39-15-3-6-30(7-4-15)5-1-2-16(32)24(34)35/h3-4,6-9,16,20,23,32H,1-2,5,10-12H2,(H2-,29,34,35,36,37,38)/p+1/t16-,20+,23+/m0/s1. The van der Waals surface area contributed by atoms with Gasteiger partial charge < -0.3 is 20.6 Å². The molecule has 0 radical (unpaired) electrons. The molecule has 1 fully saturated rings. The third-order valence-electron chi connectivity index (χ3n) is 6.21. The van der Waals surface area contributed by atoms with Crippen LogP contribution in [0, 0.1) is 0 Å². The zero-order chi connectivity index (χ0) is 29.0. The summed E-state index contributed by atoms with van der Waals surface area (Å²) in [4.78, 5) is 42.5. The largest absolute Gasteiger partial charge is 0.479 e. The van der Waals surface area contributed by atoms with E-state index in [1.54, 1.807) is 12.1 Å². The van der Waals surface area contributed by atoms with Crippen LogP contribution in [0.3, 0.4) is 0 Å². The molecule has 1 amide bonds. The summed E-state index contributed by atoms with van der Waals surface area (Å²) in [5.41, 5.74) is 1.42. The lowest BCUT2D eigenvalue weighted by Crippen LogP contribution is -2.70. The van der Waals surface area contributed by atoms with Crippen LogP contribution in [0.15, 0.2) is 52.8 Å². The molecule has 40 heavy (non-hydrogen) atoms. The number of nitrogens with zero attached hydrogens (tertiary/aromatic N) is 3. The molecule has 0 unspecified atom stereocenters. The van der Waals surface area contributed by atoms with E-state index in [0.717, 1.165) is 10.5 Å². The number of pyridine rings is 2. The topological polar surface area (TPSA) is 144 Å². The zero-order valence-electron chi connectivity index (χ0n) is 20.8. The minimum Gasteiger partial charge on any atom is -0.479 e. The van der Waals surface area contributed by atoms with Crippen LogP contribution in [0.4, 0.5) is 0 Å². The van der Waals surface area contributed by atoms with Crippen LogP contribution in [0.25, 0.3) is 0 Å². The number of aromatic nitrogens is 2. The zero-order valence-corrected chi connectivity index (χ0v) is 24.8. The highest BCUT2D eigenvalue weighted by molar-refractivity contribution is 8.01. The minimum absolute atomic E-state index is 0.0147. The highest BCUT2D eigenvalue weighted by atomic mass is 35.5. The van der Waals surface area contributed by atoms with Gasteiger partial charge in [0.15, 0.2) is 18.5 Å². The molecule has 10 nitrogen and oxygen atoms in total. The molecule has 1 saturated heterocycles. The molecular formula is C25H25Cl2N4O6S3+. The van der Waals surface area contributed by atoms with Crippen LogP contribution in [0.2, 0.25) is 10.3 Å². The average molecular weight is 645 g/mol. The highest BCUT2D eigenvalue weighted by Crippen LogP contribution is 2.41. The first kappa shape index (κ1) is 30.5. The summed E-state index contributed by atoms with van der Waals surface area (Å²) in [6, 6.07) is 6.42. The first-order valence-corrected chi connectivity index (χ1v) is 15.3. The third kappa shape index (κ3) is 7.45. The van der Waals surface area contributed by atoms with Gasteiger partial charge in [0.25, 0.3) is 5.91 Å². The number of fused-ring (bicyclic) bond motifs is 1. The van der Waals surface area contributed by atoms with Crippen molar-refractivity contribution in [3.8, 4) is 0 Å². The molecule has 2 aromatic rings. The Morgan fingerprint density at radius 1 is 1.25 bits per heavy atom. The van der Waals surface area contributed by atoms with Crippen molar-refractivity contribution >= 4 is 81.8 Å². The van der Waals surface area contributed by atoms with Gasteiger partial charge in [-0.05, 0) is 29.7 Å². The Balaban J connectivity index is 1.33. The number of aryl methyl sites for hydroxylation is 1. The Kier molecular flexibility index (Phi) is 10.3. The van der Waals surface area contributed by atoms with Gasteiger partial charge in [0.05, 0.1) is 4.99 Å². The molecule has 2 aliphatic heterocycles. The summed E-state index contributed by atoms with van der Waals surface area (Å²) in [6.45, 7) is 0.557. The van der Waals surface area contributed by atoms with Gasteiger partial charge in [-0.3, -0.25) is 9.69 Å². The molecule has 4 rings (SSSR count). The number of halogens is 2. The molecule has 15 heteroatoms. The molecule has 3 atom stereocenters. The molecule has 4 N–H and O–H groups in total. The fourth-order valence-electron chi connectivity index (χ4n) is 4.27. The van der Waals surface area contributed by atoms with Crippen LogP contribution in [0.5, 0.6) is 0 Å². The number of amides is 1. The van der Waals surface area contributed by atoms with Gasteiger partial charge in [-0.25, -0.2) is 19.1 Å². The second kappa shape index (κ2) is 13.5. The number of thioether (sulfide) groups is 2. The summed E-state index contributed by atoms with van der Waals surface area (Å²) in [5.74, 6) is -1.86. The van der Waals surface area contributed by atoms with Gasteiger partial charge >= 0.3 is 11.9 Å². The van der Waals surface area contributed by atoms with E-state index in [-0.39, 0.29) is 33.7 Å². The molecular weight excluding hydrogens is 619 g/mol. The van der Waals surface area contributed by atoms with Crippen molar-refractivity contribution in [3.05, 3.63) is 63.8 Å². The van der Waals surface area contributed by atoms with Crippen LogP contribution in [0.1, 0.15) is 18.4 Å². The van der Waals surface area contributed by atoms with E-state index in [0.29, 0.717) is 41.5 Å². The highest BCUT2D eigenvalue weighted by Gasteiger charge is 2.53. The Labute approximate surface area is 253 Å². The number of carboxylic acids is 2. The number of hydrogen-bond donors (Lipinski definition) is 4. The van der Waals surface area contributed by atoms with E-state index < -0.39 is 24.1 Å². The number of carbonyl (C=O) groups excluding carboxylic acids is 1.